The lowest BCUT2D eigenvalue weighted by Crippen LogP contribution is -2.39. The number of fused-ring (bicyclic) bond motifs is 1. The smallest absolute Gasteiger partial charge is 0.251 e. The number of rotatable bonds is 6. The van der Waals surface area contributed by atoms with Crippen LogP contribution in [-0.2, 0) is 11.3 Å². The molecule has 1 aliphatic rings. The molecule has 0 aliphatic carbocycles. The highest BCUT2D eigenvalue weighted by Crippen LogP contribution is 2.32. The Balaban J connectivity index is 1.58. The van der Waals surface area contributed by atoms with Crippen molar-refractivity contribution in [3.63, 3.8) is 0 Å². The molecule has 6 nitrogen and oxygen atoms in total. The Kier molecular flexibility index (Phi) is 5.64. The maximum atomic E-state index is 12.5. The lowest BCUT2D eigenvalue weighted by Gasteiger charge is -2.21. The van der Waals surface area contributed by atoms with Crippen molar-refractivity contribution in [1.82, 2.24) is 10.2 Å². The van der Waals surface area contributed by atoms with Gasteiger partial charge < -0.3 is 19.7 Å². The maximum absolute atomic E-state index is 12.5. The molecule has 0 saturated carbocycles. The van der Waals surface area contributed by atoms with Crippen LogP contribution >= 0.6 is 0 Å². The van der Waals surface area contributed by atoms with Gasteiger partial charge >= 0.3 is 0 Å². The zero-order chi connectivity index (χ0) is 19.4. The van der Waals surface area contributed by atoms with Crippen LogP contribution in [0.2, 0.25) is 0 Å². The van der Waals surface area contributed by atoms with Gasteiger partial charge in [-0.05, 0) is 61.7 Å². The molecule has 2 amide bonds. The molecule has 142 valence electrons. The van der Waals surface area contributed by atoms with Crippen molar-refractivity contribution in [2.75, 3.05) is 19.9 Å². The predicted molar refractivity (Wildman–Crippen MR) is 102 cm³/mol. The molecule has 1 heterocycles. The zero-order valence-corrected chi connectivity index (χ0v) is 15.9. The molecule has 1 N–H and O–H groups in total. The molecule has 1 aliphatic heterocycles. The van der Waals surface area contributed by atoms with E-state index in [2.05, 4.69) is 5.32 Å². The third-order valence-corrected chi connectivity index (χ3v) is 4.71. The summed E-state index contributed by atoms with van der Waals surface area (Å²) in [5.41, 5.74) is 3.69. The summed E-state index contributed by atoms with van der Waals surface area (Å²) in [6, 6.07) is 11.1. The van der Waals surface area contributed by atoms with Crippen LogP contribution in [0.4, 0.5) is 0 Å². The molecule has 0 bridgehead atoms. The standard InChI is InChI=1S/C21H24N2O4/c1-4-23(12-16-6-8-18-19(10-16)27-13-26-18)20(24)11-22-21(25)17-7-5-14(2)15(3)9-17/h5-10H,4,11-13H2,1-3H3,(H,22,25). The number of carbonyl (C=O) groups is 2. The number of nitrogens with zero attached hydrogens (tertiary/aromatic N) is 1. The van der Waals surface area contributed by atoms with Crippen molar-refractivity contribution in [2.24, 2.45) is 0 Å². The SMILES string of the molecule is CCN(Cc1ccc2c(c1)OCO2)C(=O)CNC(=O)c1ccc(C)c(C)c1. The highest BCUT2D eigenvalue weighted by molar-refractivity contribution is 5.96. The molecule has 0 atom stereocenters. The molecular formula is C21H24N2O4. The van der Waals surface area contributed by atoms with E-state index in [0.717, 1.165) is 16.7 Å². The van der Waals surface area contributed by atoms with Crippen LogP contribution in [0.25, 0.3) is 0 Å². The van der Waals surface area contributed by atoms with Crippen LogP contribution in [-0.4, -0.2) is 36.6 Å². The number of hydrogen-bond acceptors (Lipinski definition) is 4. The highest BCUT2D eigenvalue weighted by Gasteiger charge is 2.17. The van der Waals surface area contributed by atoms with E-state index in [1.807, 2.05) is 51.1 Å². The third kappa shape index (κ3) is 4.39. The van der Waals surface area contributed by atoms with Crippen molar-refractivity contribution in [2.45, 2.75) is 27.3 Å². The van der Waals surface area contributed by atoms with Crippen molar-refractivity contribution in [3.8, 4) is 11.5 Å². The molecule has 0 radical (unpaired) electrons. The fourth-order valence-electron chi connectivity index (χ4n) is 2.89. The number of hydrogen-bond donors (Lipinski definition) is 1. The van der Waals surface area contributed by atoms with E-state index in [9.17, 15) is 9.59 Å². The Bertz CT molecular complexity index is 863. The van der Waals surface area contributed by atoms with E-state index >= 15 is 0 Å². The Morgan fingerprint density at radius 2 is 1.81 bits per heavy atom. The molecule has 2 aromatic rings. The van der Waals surface area contributed by atoms with Gasteiger partial charge in [-0.15, -0.1) is 0 Å². The second-order valence-corrected chi connectivity index (χ2v) is 6.58. The minimum Gasteiger partial charge on any atom is -0.454 e. The van der Waals surface area contributed by atoms with Gasteiger partial charge in [0.1, 0.15) is 0 Å². The molecule has 0 fully saturated rings. The number of carbonyl (C=O) groups excluding carboxylic acids is 2. The number of aryl methyl sites for hydroxylation is 2. The minimum atomic E-state index is -0.245. The normalized spacial score (nSPS) is 12.0. The summed E-state index contributed by atoms with van der Waals surface area (Å²) in [6.07, 6.45) is 0. The first-order chi connectivity index (χ1) is 13.0. The van der Waals surface area contributed by atoms with E-state index < -0.39 is 0 Å². The first-order valence-electron chi connectivity index (χ1n) is 8.99. The molecule has 6 heteroatoms. The summed E-state index contributed by atoms with van der Waals surface area (Å²) in [4.78, 5) is 26.5. The first kappa shape index (κ1) is 18.8. The molecule has 0 unspecified atom stereocenters. The molecule has 0 saturated heterocycles. The summed E-state index contributed by atoms with van der Waals surface area (Å²) in [5, 5.41) is 2.71. The van der Waals surface area contributed by atoms with E-state index in [-0.39, 0.29) is 25.2 Å². The van der Waals surface area contributed by atoms with E-state index in [4.69, 9.17) is 9.47 Å². The summed E-state index contributed by atoms with van der Waals surface area (Å²) in [5.74, 6) is 1.03. The van der Waals surface area contributed by atoms with E-state index in [1.54, 1.807) is 11.0 Å². The van der Waals surface area contributed by atoms with Gasteiger partial charge in [-0.2, -0.15) is 0 Å². The van der Waals surface area contributed by atoms with Gasteiger partial charge in [0.05, 0.1) is 6.54 Å². The first-order valence-corrected chi connectivity index (χ1v) is 8.99. The van der Waals surface area contributed by atoms with Gasteiger partial charge in [0.2, 0.25) is 12.7 Å². The van der Waals surface area contributed by atoms with Crippen LogP contribution < -0.4 is 14.8 Å². The van der Waals surface area contributed by atoms with Crippen LogP contribution in [0.3, 0.4) is 0 Å². The fraction of sp³-hybridized carbons (Fsp3) is 0.333. The number of benzene rings is 2. The highest BCUT2D eigenvalue weighted by atomic mass is 16.7. The van der Waals surface area contributed by atoms with Crippen molar-refractivity contribution < 1.29 is 19.1 Å². The largest absolute Gasteiger partial charge is 0.454 e. The topological polar surface area (TPSA) is 67.9 Å². The van der Waals surface area contributed by atoms with Gasteiger partial charge in [-0.1, -0.05) is 12.1 Å². The molecule has 3 rings (SSSR count). The third-order valence-electron chi connectivity index (χ3n) is 4.71. The van der Waals surface area contributed by atoms with Gasteiger partial charge in [0.15, 0.2) is 11.5 Å². The lowest BCUT2D eigenvalue weighted by atomic mass is 10.1. The Morgan fingerprint density at radius 3 is 2.56 bits per heavy atom. The van der Waals surface area contributed by atoms with Crippen LogP contribution in [0.5, 0.6) is 11.5 Å². The van der Waals surface area contributed by atoms with Crippen molar-refractivity contribution >= 4 is 11.8 Å². The van der Waals surface area contributed by atoms with Crippen molar-refractivity contribution in [1.29, 1.82) is 0 Å². The molecule has 0 spiro atoms. The number of ether oxygens (including phenoxy) is 2. The van der Waals surface area contributed by atoms with Gasteiger partial charge in [-0.3, -0.25) is 9.59 Å². The Labute approximate surface area is 159 Å². The average Bonchev–Trinajstić information content (AvgIpc) is 3.13. The monoisotopic (exact) mass is 368 g/mol. The summed E-state index contributed by atoms with van der Waals surface area (Å²) < 4.78 is 10.7. The minimum absolute atomic E-state index is 0.0376. The van der Waals surface area contributed by atoms with Crippen molar-refractivity contribution in [3.05, 3.63) is 58.7 Å². The molecule has 0 aromatic heterocycles. The average molecular weight is 368 g/mol. The predicted octanol–water partition coefficient (Wildman–Crippen LogP) is 2.81. The number of amides is 2. The lowest BCUT2D eigenvalue weighted by molar-refractivity contribution is -0.130. The maximum Gasteiger partial charge on any atom is 0.251 e. The Morgan fingerprint density at radius 1 is 1.04 bits per heavy atom. The van der Waals surface area contributed by atoms with Crippen LogP contribution in [0, 0.1) is 13.8 Å². The van der Waals surface area contributed by atoms with E-state index in [0.29, 0.717) is 30.2 Å². The van der Waals surface area contributed by atoms with E-state index in [1.165, 1.54) is 0 Å². The number of nitrogens with one attached hydrogen (secondary N) is 1. The summed E-state index contributed by atoms with van der Waals surface area (Å²) >= 11 is 0. The van der Waals surface area contributed by atoms with Gasteiger partial charge in [-0.25, -0.2) is 0 Å². The van der Waals surface area contributed by atoms with Crippen LogP contribution in [0.1, 0.15) is 34.0 Å². The quantitative estimate of drug-likeness (QED) is 0.851. The second-order valence-electron chi connectivity index (χ2n) is 6.58. The zero-order valence-electron chi connectivity index (χ0n) is 15.9. The molecular weight excluding hydrogens is 344 g/mol. The molecule has 27 heavy (non-hydrogen) atoms. The van der Waals surface area contributed by atoms with Gasteiger partial charge in [0, 0.05) is 18.7 Å². The molecule has 2 aromatic carbocycles. The second kappa shape index (κ2) is 8.12. The fourth-order valence-corrected chi connectivity index (χ4v) is 2.89. The summed E-state index contributed by atoms with van der Waals surface area (Å²) in [6.45, 7) is 7.05. The number of likely N-dealkylation sites (N-methyl/N-ethyl adjacent to an activating group) is 1. The van der Waals surface area contributed by atoms with Crippen LogP contribution in [0.15, 0.2) is 36.4 Å². The Hall–Kier alpha value is -3.02. The summed E-state index contributed by atoms with van der Waals surface area (Å²) in [7, 11) is 0. The van der Waals surface area contributed by atoms with Gasteiger partial charge in [0.25, 0.3) is 5.91 Å².